The Morgan fingerprint density at radius 1 is 0.917 bits per heavy atom. The van der Waals surface area contributed by atoms with Gasteiger partial charge in [-0.3, -0.25) is 14.5 Å². The average Bonchev–Trinajstić information content (AvgIpc) is 2.79. The van der Waals surface area contributed by atoms with Crippen LogP contribution in [0.1, 0.15) is 31.8 Å². The molecule has 0 saturated heterocycles. The third-order valence-corrected chi connectivity index (χ3v) is 5.97. The number of imide groups is 1. The van der Waals surface area contributed by atoms with Gasteiger partial charge in [-0.2, -0.15) is 0 Å². The standard InChI is InChI=1S/C18H17NO4S/c1-12-7-8-13(2)16(11-12)24(22,23)10-9-19-17(20)14-5-3-4-6-15(14)18(19)21/h3-8,11H,9-10H2,1-2H3. The first-order chi connectivity index (χ1) is 11.3. The van der Waals surface area contributed by atoms with Crippen LogP contribution in [0.2, 0.25) is 0 Å². The van der Waals surface area contributed by atoms with Crippen LogP contribution in [0.15, 0.2) is 47.4 Å². The van der Waals surface area contributed by atoms with Crippen LogP contribution < -0.4 is 0 Å². The first kappa shape index (κ1) is 16.4. The summed E-state index contributed by atoms with van der Waals surface area (Å²) < 4.78 is 25.2. The fourth-order valence-corrected chi connectivity index (χ4v) is 4.37. The van der Waals surface area contributed by atoms with Crippen molar-refractivity contribution in [3.05, 3.63) is 64.7 Å². The van der Waals surface area contributed by atoms with Gasteiger partial charge in [-0.05, 0) is 43.2 Å². The van der Waals surface area contributed by atoms with Gasteiger partial charge < -0.3 is 0 Å². The monoisotopic (exact) mass is 343 g/mol. The second-order valence-electron chi connectivity index (χ2n) is 5.90. The molecule has 0 aliphatic carbocycles. The molecule has 0 saturated carbocycles. The average molecular weight is 343 g/mol. The molecule has 0 aromatic heterocycles. The van der Waals surface area contributed by atoms with Crippen molar-refractivity contribution in [1.29, 1.82) is 0 Å². The minimum Gasteiger partial charge on any atom is -0.273 e. The van der Waals surface area contributed by atoms with E-state index >= 15 is 0 Å². The van der Waals surface area contributed by atoms with Crippen molar-refractivity contribution < 1.29 is 18.0 Å². The van der Waals surface area contributed by atoms with Crippen LogP contribution in [0, 0.1) is 13.8 Å². The van der Waals surface area contributed by atoms with Crippen LogP contribution in [0.4, 0.5) is 0 Å². The molecular weight excluding hydrogens is 326 g/mol. The maximum Gasteiger partial charge on any atom is 0.261 e. The molecular formula is C18H17NO4S. The summed E-state index contributed by atoms with van der Waals surface area (Å²) in [5.41, 5.74) is 2.15. The normalized spacial score (nSPS) is 14.2. The molecule has 1 heterocycles. The summed E-state index contributed by atoms with van der Waals surface area (Å²) in [5, 5.41) is 0. The Morgan fingerprint density at radius 3 is 2.08 bits per heavy atom. The molecule has 0 radical (unpaired) electrons. The summed E-state index contributed by atoms with van der Waals surface area (Å²) in [6.45, 7) is 3.40. The van der Waals surface area contributed by atoms with Gasteiger partial charge in [0.25, 0.3) is 11.8 Å². The van der Waals surface area contributed by atoms with Crippen LogP contribution in [0.3, 0.4) is 0 Å². The number of aryl methyl sites for hydroxylation is 2. The Kier molecular flexibility index (Phi) is 4.01. The molecule has 5 nitrogen and oxygen atoms in total. The van der Waals surface area contributed by atoms with Gasteiger partial charge in [0.05, 0.1) is 21.8 Å². The van der Waals surface area contributed by atoms with Gasteiger partial charge in [-0.1, -0.05) is 24.3 Å². The lowest BCUT2D eigenvalue weighted by Crippen LogP contribution is -2.34. The van der Waals surface area contributed by atoms with E-state index in [2.05, 4.69) is 0 Å². The first-order valence-corrected chi connectivity index (χ1v) is 9.22. The lowest BCUT2D eigenvalue weighted by atomic mass is 10.1. The molecule has 3 rings (SSSR count). The lowest BCUT2D eigenvalue weighted by Gasteiger charge is -2.15. The van der Waals surface area contributed by atoms with E-state index in [-0.39, 0.29) is 17.2 Å². The number of amides is 2. The number of benzene rings is 2. The molecule has 0 N–H and O–H groups in total. The molecule has 1 aliphatic heterocycles. The van der Waals surface area contributed by atoms with Gasteiger partial charge in [-0.25, -0.2) is 8.42 Å². The second kappa shape index (κ2) is 5.87. The SMILES string of the molecule is Cc1ccc(C)c(S(=O)(=O)CCN2C(=O)c3ccccc3C2=O)c1. The van der Waals surface area contributed by atoms with Crippen molar-refractivity contribution in [2.75, 3.05) is 12.3 Å². The number of fused-ring (bicyclic) bond motifs is 1. The lowest BCUT2D eigenvalue weighted by molar-refractivity contribution is 0.0664. The number of hydrogen-bond acceptors (Lipinski definition) is 4. The first-order valence-electron chi connectivity index (χ1n) is 7.56. The molecule has 0 bridgehead atoms. The molecule has 24 heavy (non-hydrogen) atoms. The highest BCUT2D eigenvalue weighted by atomic mass is 32.2. The summed E-state index contributed by atoms with van der Waals surface area (Å²) >= 11 is 0. The predicted molar refractivity (Wildman–Crippen MR) is 89.8 cm³/mol. The summed E-state index contributed by atoms with van der Waals surface area (Å²) in [6, 6.07) is 11.7. The minimum absolute atomic E-state index is 0.151. The maximum atomic E-state index is 12.6. The molecule has 0 unspecified atom stereocenters. The summed E-state index contributed by atoms with van der Waals surface area (Å²) in [5.74, 6) is -1.17. The molecule has 2 amide bonds. The van der Waals surface area contributed by atoms with E-state index in [0.717, 1.165) is 10.5 Å². The zero-order chi connectivity index (χ0) is 17.5. The largest absolute Gasteiger partial charge is 0.273 e. The Hall–Kier alpha value is -2.47. The van der Waals surface area contributed by atoms with E-state index in [0.29, 0.717) is 16.7 Å². The van der Waals surface area contributed by atoms with Gasteiger partial charge in [0.15, 0.2) is 9.84 Å². The van der Waals surface area contributed by atoms with E-state index in [9.17, 15) is 18.0 Å². The smallest absolute Gasteiger partial charge is 0.261 e. The molecule has 1 aliphatic rings. The quantitative estimate of drug-likeness (QED) is 0.799. The Morgan fingerprint density at radius 2 is 1.50 bits per heavy atom. The fourth-order valence-electron chi connectivity index (χ4n) is 2.81. The zero-order valence-corrected chi connectivity index (χ0v) is 14.3. The van der Waals surface area contributed by atoms with Crippen LogP contribution in [0.5, 0.6) is 0 Å². The Balaban J connectivity index is 1.83. The van der Waals surface area contributed by atoms with Crippen molar-refractivity contribution in [1.82, 2.24) is 4.90 Å². The van der Waals surface area contributed by atoms with Crippen molar-refractivity contribution in [3.8, 4) is 0 Å². The van der Waals surface area contributed by atoms with E-state index in [1.807, 2.05) is 13.0 Å². The highest BCUT2D eigenvalue weighted by Gasteiger charge is 2.35. The van der Waals surface area contributed by atoms with Gasteiger partial charge >= 0.3 is 0 Å². The second-order valence-corrected chi connectivity index (χ2v) is 7.97. The van der Waals surface area contributed by atoms with Crippen LogP contribution in [-0.2, 0) is 9.84 Å². The molecule has 2 aromatic carbocycles. The molecule has 124 valence electrons. The summed E-state index contributed by atoms with van der Waals surface area (Å²) in [6.07, 6.45) is 0. The third-order valence-electron chi connectivity index (χ3n) is 4.14. The molecule has 2 aromatic rings. The zero-order valence-electron chi connectivity index (χ0n) is 13.4. The van der Waals surface area contributed by atoms with Gasteiger partial charge in [0, 0.05) is 6.54 Å². The van der Waals surface area contributed by atoms with Gasteiger partial charge in [0.2, 0.25) is 0 Å². The van der Waals surface area contributed by atoms with E-state index in [1.165, 1.54) is 0 Å². The minimum atomic E-state index is -3.58. The van der Waals surface area contributed by atoms with E-state index in [1.54, 1.807) is 43.3 Å². The summed E-state index contributed by atoms with van der Waals surface area (Å²) in [7, 11) is -3.58. The van der Waals surface area contributed by atoms with Crippen molar-refractivity contribution in [2.45, 2.75) is 18.7 Å². The fraction of sp³-hybridized carbons (Fsp3) is 0.222. The number of carbonyl (C=O) groups is 2. The highest BCUT2D eigenvalue weighted by Crippen LogP contribution is 2.23. The molecule has 0 fully saturated rings. The molecule has 6 heteroatoms. The molecule has 0 spiro atoms. The number of nitrogens with zero attached hydrogens (tertiary/aromatic N) is 1. The van der Waals surface area contributed by atoms with Crippen LogP contribution >= 0.6 is 0 Å². The number of hydrogen-bond donors (Lipinski definition) is 0. The number of rotatable bonds is 4. The van der Waals surface area contributed by atoms with Crippen LogP contribution in [0.25, 0.3) is 0 Å². The van der Waals surface area contributed by atoms with E-state index in [4.69, 9.17) is 0 Å². The van der Waals surface area contributed by atoms with Crippen LogP contribution in [-0.4, -0.2) is 37.4 Å². The van der Waals surface area contributed by atoms with Crippen molar-refractivity contribution in [3.63, 3.8) is 0 Å². The van der Waals surface area contributed by atoms with Gasteiger partial charge in [0.1, 0.15) is 0 Å². The topological polar surface area (TPSA) is 71.5 Å². The third kappa shape index (κ3) is 2.73. The highest BCUT2D eigenvalue weighted by molar-refractivity contribution is 7.91. The predicted octanol–water partition coefficient (Wildman–Crippen LogP) is 2.37. The Bertz CT molecular complexity index is 912. The van der Waals surface area contributed by atoms with Crippen molar-refractivity contribution in [2.24, 2.45) is 0 Å². The van der Waals surface area contributed by atoms with Crippen molar-refractivity contribution >= 4 is 21.7 Å². The number of sulfone groups is 1. The number of carbonyl (C=O) groups excluding carboxylic acids is 2. The Labute approximate surface area is 140 Å². The van der Waals surface area contributed by atoms with E-state index < -0.39 is 21.7 Å². The maximum absolute atomic E-state index is 12.6. The summed E-state index contributed by atoms with van der Waals surface area (Å²) in [4.78, 5) is 25.8. The van der Waals surface area contributed by atoms with Gasteiger partial charge in [-0.15, -0.1) is 0 Å². The molecule has 0 atom stereocenters.